The predicted octanol–water partition coefficient (Wildman–Crippen LogP) is 2.32. The number of nitrogens with zero attached hydrogens (tertiary/aromatic N) is 2. The first kappa shape index (κ1) is 18.5. The van der Waals surface area contributed by atoms with Crippen LogP contribution in [-0.4, -0.2) is 61.0 Å². The van der Waals surface area contributed by atoms with E-state index in [4.69, 9.17) is 11.6 Å². The molecule has 2 N–H and O–H groups in total. The molecule has 6 nitrogen and oxygen atoms in total. The lowest BCUT2D eigenvalue weighted by Gasteiger charge is -2.34. The second-order valence-electron chi connectivity index (χ2n) is 6.01. The van der Waals surface area contributed by atoms with Crippen LogP contribution in [0.1, 0.15) is 18.9 Å². The molecule has 1 aromatic carbocycles. The van der Waals surface area contributed by atoms with E-state index < -0.39 is 0 Å². The number of carbonyl (C=O) groups excluding carboxylic acids is 2. The molecule has 0 unspecified atom stereocenters. The summed E-state index contributed by atoms with van der Waals surface area (Å²) in [6, 6.07) is 5.34. The molecule has 1 aromatic rings. The molecule has 2 rings (SSSR count). The number of benzene rings is 1. The maximum atomic E-state index is 12.3. The summed E-state index contributed by atoms with van der Waals surface area (Å²) in [5.74, 6) is 0.0454. The van der Waals surface area contributed by atoms with Crippen LogP contribution in [0.15, 0.2) is 18.2 Å². The second kappa shape index (κ2) is 8.89. The summed E-state index contributed by atoms with van der Waals surface area (Å²) in [4.78, 5) is 27.9. The van der Waals surface area contributed by atoms with Crippen LogP contribution in [-0.2, 0) is 4.79 Å². The van der Waals surface area contributed by atoms with Gasteiger partial charge >= 0.3 is 6.03 Å². The Morgan fingerprint density at radius 2 is 1.92 bits per heavy atom. The first-order valence-electron chi connectivity index (χ1n) is 8.30. The van der Waals surface area contributed by atoms with Crippen molar-refractivity contribution in [1.82, 2.24) is 15.1 Å². The van der Waals surface area contributed by atoms with E-state index in [2.05, 4.69) is 15.5 Å². The monoisotopic (exact) mass is 352 g/mol. The van der Waals surface area contributed by atoms with Crippen LogP contribution in [0.3, 0.4) is 0 Å². The van der Waals surface area contributed by atoms with Crippen molar-refractivity contribution in [2.24, 2.45) is 0 Å². The highest BCUT2D eigenvalue weighted by Crippen LogP contribution is 2.20. The molecule has 0 aromatic heterocycles. The number of urea groups is 1. The topological polar surface area (TPSA) is 64.7 Å². The van der Waals surface area contributed by atoms with Crippen molar-refractivity contribution in [3.05, 3.63) is 28.8 Å². The molecule has 1 saturated heterocycles. The van der Waals surface area contributed by atoms with Crippen LogP contribution in [0.2, 0.25) is 5.02 Å². The summed E-state index contributed by atoms with van der Waals surface area (Å²) in [5.41, 5.74) is 1.67. The lowest BCUT2D eigenvalue weighted by molar-refractivity contribution is -0.122. The molecule has 132 valence electrons. The van der Waals surface area contributed by atoms with Gasteiger partial charge in [0.2, 0.25) is 5.91 Å². The van der Waals surface area contributed by atoms with Gasteiger partial charge < -0.3 is 15.5 Å². The van der Waals surface area contributed by atoms with Gasteiger partial charge in [0, 0.05) is 43.4 Å². The van der Waals surface area contributed by atoms with E-state index in [-0.39, 0.29) is 11.9 Å². The molecule has 0 aliphatic carbocycles. The molecule has 7 heteroatoms. The maximum absolute atomic E-state index is 12.3. The van der Waals surface area contributed by atoms with E-state index in [1.54, 1.807) is 11.0 Å². The van der Waals surface area contributed by atoms with E-state index in [9.17, 15) is 9.59 Å². The third-order valence-electron chi connectivity index (χ3n) is 4.02. The Morgan fingerprint density at radius 3 is 2.54 bits per heavy atom. The average Bonchev–Trinajstić information content (AvgIpc) is 2.57. The number of aryl methyl sites for hydroxylation is 1. The fraction of sp³-hybridized carbons (Fsp3) is 0.529. The zero-order chi connectivity index (χ0) is 17.5. The molecule has 0 bridgehead atoms. The van der Waals surface area contributed by atoms with Crippen LogP contribution in [0.4, 0.5) is 10.5 Å². The van der Waals surface area contributed by atoms with Gasteiger partial charge in [-0.15, -0.1) is 0 Å². The van der Waals surface area contributed by atoms with Crippen LogP contribution >= 0.6 is 11.6 Å². The molecule has 1 heterocycles. The zero-order valence-electron chi connectivity index (χ0n) is 14.3. The standard InChI is InChI=1S/C17H25ClN4O2/c1-3-6-19-16(23)12-21-7-9-22(10-8-21)17(24)20-14-5-4-13(2)15(18)11-14/h4-5,11H,3,6-10,12H2,1-2H3,(H,19,23)(H,20,24). The SMILES string of the molecule is CCCNC(=O)CN1CCN(C(=O)Nc2ccc(C)c(Cl)c2)CC1. The van der Waals surface area contributed by atoms with Crippen molar-refractivity contribution >= 4 is 29.2 Å². The van der Waals surface area contributed by atoms with Gasteiger partial charge in [0.1, 0.15) is 0 Å². The number of piperazine rings is 1. The number of hydrogen-bond acceptors (Lipinski definition) is 3. The Morgan fingerprint density at radius 1 is 1.21 bits per heavy atom. The fourth-order valence-corrected chi connectivity index (χ4v) is 2.69. The van der Waals surface area contributed by atoms with E-state index in [1.165, 1.54) is 0 Å². The Balaban J connectivity index is 1.78. The molecule has 1 aliphatic heterocycles. The van der Waals surface area contributed by atoms with Crippen LogP contribution in [0, 0.1) is 6.92 Å². The first-order chi connectivity index (χ1) is 11.5. The van der Waals surface area contributed by atoms with Gasteiger partial charge in [-0.25, -0.2) is 4.79 Å². The number of carbonyl (C=O) groups is 2. The first-order valence-corrected chi connectivity index (χ1v) is 8.68. The predicted molar refractivity (Wildman–Crippen MR) is 96.5 cm³/mol. The van der Waals surface area contributed by atoms with Gasteiger partial charge in [0.05, 0.1) is 6.54 Å². The van der Waals surface area contributed by atoms with Gasteiger partial charge in [-0.1, -0.05) is 24.6 Å². The summed E-state index contributed by atoms with van der Waals surface area (Å²) in [6.07, 6.45) is 0.933. The molecule has 0 saturated carbocycles. The smallest absolute Gasteiger partial charge is 0.321 e. The van der Waals surface area contributed by atoms with Crippen LogP contribution < -0.4 is 10.6 Å². The average molecular weight is 353 g/mol. The minimum Gasteiger partial charge on any atom is -0.355 e. The van der Waals surface area contributed by atoms with Crippen molar-refractivity contribution in [1.29, 1.82) is 0 Å². The summed E-state index contributed by atoms with van der Waals surface area (Å²) < 4.78 is 0. The minimum atomic E-state index is -0.134. The van der Waals surface area contributed by atoms with Gasteiger partial charge in [0.15, 0.2) is 0 Å². The van der Waals surface area contributed by atoms with Gasteiger partial charge in [0.25, 0.3) is 0 Å². The highest BCUT2D eigenvalue weighted by atomic mass is 35.5. The largest absolute Gasteiger partial charge is 0.355 e. The molecule has 24 heavy (non-hydrogen) atoms. The molecule has 1 aliphatic rings. The van der Waals surface area contributed by atoms with Crippen molar-refractivity contribution in [3.8, 4) is 0 Å². The third-order valence-corrected chi connectivity index (χ3v) is 4.43. The van der Waals surface area contributed by atoms with Crippen molar-refractivity contribution < 1.29 is 9.59 Å². The Hall–Kier alpha value is -1.79. The molecule has 3 amide bonds. The summed E-state index contributed by atoms with van der Waals surface area (Å²) in [6.45, 7) is 7.65. The highest BCUT2D eigenvalue weighted by molar-refractivity contribution is 6.31. The zero-order valence-corrected chi connectivity index (χ0v) is 15.0. The molecular weight excluding hydrogens is 328 g/mol. The number of amides is 3. The second-order valence-corrected chi connectivity index (χ2v) is 6.41. The number of nitrogens with one attached hydrogen (secondary N) is 2. The number of rotatable bonds is 5. The van der Waals surface area contributed by atoms with E-state index in [0.29, 0.717) is 50.0 Å². The van der Waals surface area contributed by atoms with Gasteiger partial charge in [-0.05, 0) is 31.0 Å². The molecule has 0 atom stereocenters. The van der Waals surface area contributed by atoms with E-state index in [1.807, 2.05) is 26.0 Å². The van der Waals surface area contributed by atoms with Crippen LogP contribution in [0.5, 0.6) is 0 Å². The van der Waals surface area contributed by atoms with Crippen molar-refractivity contribution in [2.45, 2.75) is 20.3 Å². The van der Waals surface area contributed by atoms with Crippen molar-refractivity contribution in [2.75, 3.05) is 44.6 Å². The maximum Gasteiger partial charge on any atom is 0.321 e. The Kier molecular flexibility index (Phi) is 6.87. The Labute approximate surface area is 148 Å². The molecule has 1 fully saturated rings. The Bertz CT molecular complexity index is 586. The third kappa shape index (κ3) is 5.39. The lowest BCUT2D eigenvalue weighted by atomic mass is 10.2. The van der Waals surface area contributed by atoms with Crippen LogP contribution in [0.25, 0.3) is 0 Å². The summed E-state index contributed by atoms with van der Waals surface area (Å²) >= 11 is 6.08. The molecular formula is C17H25ClN4O2. The normalized spacial score (nSPS) is 15.2. The number of anilines is 1. The van der Waals surface area contributed by atoms with E-state index in [0.717, 1.165) is 12.0 Å². The quantitative estimate of drug-likeness (QED) is 0.854. The van der Waals surface area contributed by atoms with Gasteiger partial charge in [-0.2, -0.15) is 0 Å². The highest BCUT2D eigenvalue weighted by Gasteiger charge is 2.22. The number of halogens is 1. The summed E-state index contributed by atoms with van der Waals surface area (Å²) in [7, 11) is 0. The number of hydrogen-bond donors (Lipinski definition) is 2. The van der Waals surface area contributed by atoms with Gasteiger partial charge in [-0.3, -0.25) is 9.69 Å². The minimum absolute atomic E-state index is 0.0454. The van der Waals surface area contributed by atoms with E-state index >= 15 is 0 Å². The molecule has 0 radical (unpaired) electrons. The molecule has 0 spiro atoms. The van der Waals surface area contributed by atoms with Crippen molar-refractivity contribution in [3.63, 3.8) is 0 Å². The summed E-state index contributed by atoms with van der Waals surface area (Å²) in [5, 5.41) is 6.37. The lowest BCUT2D eigenvalue weighted by Crippen LogP contribution is -2.52. The fourth-order valence-electron chi connectivity index (χ4n) is 2.51.